The van der Waals surface area contributed by atoms with E-state index in [-0.39, 0.29) is 17.2 Å². The molecular weight excluding hydrogens is 382 g/mol. The molecule has 152 valence electrons. The van der Waals surface area contributed by atoms with Crippen molar-refractivity contribution in [1.29, 1.82) is 0 Å². The molecule has 1 heterocycles. The van der Waals surface area contributed by atoms with Crippen molar-refractivity contribution in [3.63, 3.8) is 0 Å². The zero-order valence-electron chi connectivity index (χ0n) is 17.0. The quantitative estimate of drug-likeness (QED) is 0.390. The number of hydrogen-bond donors (Lipinski definition) is 0. The number of amides is 1. The molecule has 5 nitrogen and oxygen atoms in total. The maximum atomic E-state index is 12.9. The highest BCUT2D eigenvalue weighted by molar-refractivity contribution is 7.99. The minimum atomic E-state index is -0.0318. The zero-order chi connectivity index (χ0) is 20.6. The molecule has 2 aromatic carbocycles. The van der Waals surface area contributed by atoms with Crippen LogP contribution in [-0.4, -0.2) is 32.7 Å². The first-order chi connectivity index (χ1) is 14.1. The molecule has 0 N–H and O–H groups in total. The van der Waals surface area contributed by atoms with Crippen molar-refractivity contribution in [2.75, 3.05) is 12.3 Å². The van der Waals surface area contributed by atoms with E-state index >= 15 is 0 Å². The standard InChI is InChI=1S/C23H27N3O2S/c1-3-5-15-26-22(28)19-13-9-10-14-20(19)24-23(26)29-17-21(27)25(4-2)16-18-11-7-6-8-12-18/h6-14H,3-5,15-17H2,1-2H3. The van der Waals surface area contributed by atoms with Gasteiger partial charge in [0, 0.05) is 19.6 Å². The highest BCUT2D eigenvalue weighted by atomic mass is 32.2. The summed E-state index contributed by atoms with van der Waals surface area (Å²) in [5.74, 6) is 0.309. The summed E-state index contributed by atoms with van der Waals surface area (Å²) in [7, 11) is 0. The van der Waals surface area contributed by atoms with E-state index < -0.39 is 0 Å². The molecule has 1 aromatic heterocycles. The van der Waals surface area contributed by atoms with Gasteiger partial charge in [0.05, 0.1) is 16.7 Å². The summed E-state index contributed by atoms with van der Waals surface area (Å²) in [5.41, 5.74) is 1.75. The summed E-state index contributed by atoms with van der Waals surface area (Å²) in [6.45, 7) is 5.92. The molecule has 0 spiro atoms. The average molecular weight is 410 g/mol. The molecule has 0 atom stereocenters. The van der Waals surface area contributed by atoms with Crippen molar-refractivity contribution in [2.24, 2.45) is 0 Å². The molecule has 0 unspecified atom stereocenters. The van der Waals surface area contributed by atoms with Gasteiger partial charge in [-0.25, -0.2) is 4.98 Å². The van der Waals surface area contributed by atoms with Crippen molar-refractivity contribution in [2.45, 2.75) is 44.9 Å². The van der Waals surface area contributed by atoms with E-state index in [1.165, 1.54) is 11.8 Å². The lowest BCUT2D eigenvalue weighted by molar-refractivity contribution is -0.128. The first-order valence-corrected chi connectivity index (χ1v) is 11.1. The van der Waals surface area contributed by atoms with Gasteiger partial charge >= 0.3 is 0 Å². The SMILES string of the molecule is CCCCn1c(SCC(=O)N(CC)Cc2ccccc2)nc2ccccc2c1=O. The van der Waals surface area contributed by atoms with Gasteiger partial charge in [-0.3, -0.25) is 14.2 Å². The van der Waals surface area contributed by atoms with Gasteiger partial charge in [0.2, 0.25) is 5.91 Å². The molecule has 6 heteroatoms. The van der Waals surface area contributed by atoms with Crippen LogP contribution in [0.2, 0.25) is 0 Å². The van der Waals surface area contributed by atoms with Crippen molar-refractivity contribution < 1.29 is 4.79 Å². The fraction of sp³-hybridized carbons (Fsp3) is 0.348. The summed E-state index contributed by atoms with van der Waals surface area (Å²) >= 11 is 1.35. The molecule has 0 saturated carbocycles. The molecule has 3 rings (SSSR count). The number of fused-ring (bicyclic) bond motifs is 1. The Hall–Kier alpha value is -2.60. The van der Waals surface area contributed by atoms with Crippen LogP contribution in [0, 0.1) is 0 Å². The number of nitrogens with zero attached hydrogens (tertiary/aromatic N) is 3. The van der Waals surface area contributed by atoms with Crippen molar-refractivity contribution in [3.8, 4) is 0 Å². The van der Waals surface area contributed by atoms with Crippen LogP contribution >= 0.6 is 11.8 Å². The Balaban J connectivity index is 1.79. The summed E-state index contributed by atoms with van der Waals surface area (Å²) in [5, 5.41) is 1.24. The van der Waals surface area contributed by atoms with Crippen LogP contribution in [0.5, 0.6) is 0 Å². The maximum absolute atomic E-state index is 12.9. The average Bonchev–Trinajstić information content (AvgIpc) is 2.76. The van der Waals surface area contributed by atoms with Crippen LogP contribution in [0.4, 0.5) is 0 Å². The predicted octanol–water partition coefficient (Wildman–Crippen LogP) is 4.34. The van der Waals surface area contributed by atoms with E-state index in [0.29, 0.717) is 35.7 Å². The van der Waals surface area contributed by atoms with E-state index in [0.717, 1.165) is 18.4 Å². The molecule has 1 amide bonds. The Bertz CT molecular complexity index is 1020. The van der Waals surface area contributed by atoms with Gasteiger partial charge in [-0.1, -0.05) is 67.6 Å². The molecule has 0 fully saturated rings. The maximum Gasteiger partial charge on any atom is 0.262 e. The third kappa shape index (κ3) is 5.26. The number of unbranched alkanes of at least 4 members (excludes halogenated alkanes) is 1. The lowest BCUT2D eigenvalue weighted by Gasteiger charge is -2.21. The van der Waals surface area contributed by atoms with Crippen LogP contribution in [0.3, 0.4) is 0 Å². The fourth-order valence-electron chi connectivity index (χ4n) is 3.17. The van der Waals surface area contributed by atoms with Gasteiger partial charge in [0.1, 0.15) is 0 Å². The zero-order valence-corrected chi connectivity index (χ0v) is 17.8. The molecule has 3 aromatic rings. The second kappa shape index (κ2) is 10.3. The van der Waals surface area contributed by atoms with Crippen LogP contribution in [0.15, 0.2) is 64.5 Å². The number of carbonyl (C=O) groups is 1. The Kier molecular flexibility index (Phi) is 7.47. The molecule has 0 aliphatic rings. The van der Waals surface area contributed by atoms with Crippen LogP contribution < -0.4 is 5.56 Å². The van der Waals surface area contributed by atoms with Gasteiger partial charge in [-0.15, -0.1) is 0 Å². The molecule has 0 aliphatic carbocycles. The van der Waals surface area contributed by atoms with E-state index in [9.17, 15) is 9.59 Å². The Labute approximate surface area is 175 Å². The smallest absolute Gasteiger partial charge is 0.262 e. The summed E-state index contributed by atoms with van der Waals surface area (Å²) < 4.78 is 1.72. The number of hydrogen-bond acceptors (Lipinski definition) is 4. The first kappa shape index (κ1) is 21.1. The van der Waals surface area contributed by atoms with Crippen molar-refractivity contribution in [1.82, 2.24) is 14.5 Å². The monoisotopic (exact) mass is 409 g/mol. The van der Waals surface area contributed by atoms with E-state index in [4.69, 9.17) is 0 Å². The van der Waals surface area contributed by atoms with Crippen LogP contribution in [0.1, 0.15) is 32.3 Å². The van der Waals surface area contributed by atoms with Gasteiger partial charge in [-0.05, 0) is 31.0 Å². The predicted molar refractivity (Wildman–Crippen MR) is 119 cm³/mol. The second-order valence-electron chi connectivity index (χ2n) is 6.90. The third-order valence-corrected chi connectivity index (χ3v) is 5.80. The number of thioether (sulfide) groups is 1. The number of para-hydroxylation sites is 1. The topological polar surface area (TPSA) is 55.2 Å². The second-order valence-corrected chi connectivity index (χ2v) is 7.85. The lowest BCUT2D eigenvalue weighted by atomic mass is 10.2. The molecule has 0 radical (unpaired) electrons. The van der Waals surface area contributed by atoms with Gasteiger partial charge in [0.25, 0.3) is 5.56 Å². The Morgan fingerprint density at radius 2 is 1.79 bits per heavy atom. The lowest BCUT2D eigenvalue weighted by Crippen LogP contribution is -2.32. The largest absolute Gasteiger partial charge is 0.338 e. The first-order valence-electron chi connectivity index (χ1n) is 10.1. The van der Waals surface area contributed by atoms with Gasteiger partial charge in [-0.2, -0.15) is 0 Å². The van der Waals surface area contributed by atoms with Gasteiger partial charge in [0.15, 0.2) is 5.16 Å². The van der Waals surface area contributed by atoms with Gasteiger partial charge < -0.3 is 4.90 Å². The molecule has 0 bridgehead atoms. The molecular formula is C23H27N3O2S. The van der Waals surface area contributed by atoms with Crippen LogP contribution in [-0.2, 0) is 17.9 Å². The fourth-order valence-corrected chi connectivity index (χ4v) is 4.10. The minimum absolute atomic E-state index is 0.0318. The normalized spacial score (nSPS) is 11.0. The number of benzene rings is 2. The number of rotatable bonds is 9. The van der Waals surface area contributed by atoms with Crippen LogP contribution in [0.25, 0.3) is 10.9 Å². The van der Waals surface area contributed by atoms with Crippen molar-refractivity contribution >= 4 is 28.6 Å². The highest BCUT2D eigenvalue weighted by Gasteiger charge is 2.16. The summed E-state index contributed by atoms with van der Waals surface area (Å²) in [4.78, 5) is 32.3. The molecule has 0 aliphatic heterocycles. The van der Waals surface area contributed by atoms with E-state index in [2.05, 4.69) is 11.9 Å². The Morgan fingerprint density at radius 3 is 2.52 bits per heavy atom. The number of carbonyl (C=O) groups excluding carboxylic acids is 1. The van der Waals surface area contributed by atoms with Crippen molar-refractivity contribution in [3.05, 3.63) is 70.5 Å². The highest BCUT2D eigenvalue weighted by Crippen LogP contribution is 2.19. The molecule has 29 heavy (non-hydrogen) atoms. The summed E-state index contributed by atoms with van der Waals surface area (Å²) in [6.07, 6.45) is 1.89. The molecule has 0 saturated heterocycles. The van der Waals surface area contributed by atoms with E-state index in [1.807, 2.05) is 66.4 Å². The summed E-state index contributed by atoms with van der Waals surface area (Å²) in [6, 6.07) is 17.4. The minimum Gasteiger partial charge on any atom is -0.338 e. The number of aromatic nitrogens is 2. The Morgan fingerprint density at radius 1 is 1.07 bits per heavy atom. The third-order valence-electron chi connectivity index (χ3n) is 4.84. The van der Waals surface area contributed by atoms with E-state index in [1.54, 1.807) is 4.57 Å².